The van der Waals surface area contributed by atoms with Gasteiger partial charge in [0.25, 0.3) is 11.8 Å². The maximum atomic E-state index is 12.6. The van der Waals surface area contributed by atoms with Crippen LogP contribution in [0.5, 0.6) is 0 Å². The fourth-order valence-electron chi connectivity index (χ4n) is 3.63. The molecule has 0 aromatic carbocycles. The predicted molar refractivity (Wildman–Crippen MR) is 97.7 cm³/mol. The molecule has 142 valence electrons. The highest BCUT2D eigenvalue weighted by Gasteiger charge is 2.33. The first-order chi connectivity index (χ1) is 12.4. The van der Waals surface area contributed by atoms with Crippen LogP contribution in [0, 0.1) is 0 Å². The van der Waals surface area contributed by atoms with Crippen LogP contribution in [-0.4, -0.2) is 60.8 Å². The number of nitrogens with one attached hydrogen (secondary N) is 1. The molecule has 1 unspecified atom stereocenters. The number of nitrogens with zero attached hydrogens (tertiary/aromatic N) is 2. The van der Waals surface area contributed by atoms with E-state index in [4.69, 9.17) is 0 Å². The van der Waals surface area contributed by atoms with Crippen LogP contribution in [0.3, 0.4) is 0 Å². The molecule has 1 aliphatic carbocycles. The lowest BCUT2D eigenvalue weighted by Gasteiger charge is -2.24. The molecule has 0 radical (unpaired) electrons. The molecule has 1 saturated carbocycles. The summed E-state index contributed by atoms with van der Waals surface area (Å²) in [5, 5.41) is 3.03. The Bertz CT molecular complexity index is 787. The Hall–Kier alpha value is -1.96. The number of hydrogen-bond donors (Lipinski definition) is 1. The average Bonchev–Trinajstić information content (AvgIpc) is 3.01. The quantitative estimate of drug-likeness (QED) is 0.853. The smallest absolute Gasteiger partial charge is 0.272 e. The van der Waals surface area contributed by atoms with Gasteiger partial charge in [0.05, 0.1) is 11.5 Å². The largest absolute Gasteiger partial charge is 0.349 e. The molecule has 2 aliphatic rings. The number of pyridine rings is 1. The van der Waals surface area contributed by atoms with E-state index in [0.717, 1.165) is 25.7 Å². The van der Waals surface area contributed by atoms with Crippen molar-refractivity contribution in [2.45, 2.75) is 50.6 Å². The van der Waals surface area contributed by atoms with Gasteiger partial charge in [-0.2, -0.15) is 0 Å². The molecule has 1 aromatic rings. The summed E-state index contributed by atoms with van der Waals surface area (Å²) < 4.78 is 23.3. The average molecular weight is 379 g/mol. The van der Waals surface area contributed by atoms with Crippen LogP contribution in [0.15, 0.2) is 18.3 Å². The number of aromatic nitrogens is 1. The lowest BCUT2D eigenvalue weighted by Crippen LogP contribution is -2.38. The lowest BCUT2D eigenvalue weighted by atomic mass is 9.95. The molecule has 8 heteroatoms. The van der Waals surface area contributed by atoms with Gasteiger partial charge in [-0.05, 0) is 31.4 Å². The minimum atomic E-state index is -3.07. The molecule has 26 heavy (non-hydrogen) atoms. The van der Waals surface area contributed by atoms with Crippen molar-refractivity contribution < 1.29 is 18.0 Å². The molecule has 0 spiro atoms. The Balaban J connectivity index is 1.68. The molecule has 3 rings (SSSR count). The highest BCUT2D eigenvalue weighted by atomic mass is 32.2. The number of hydrogen-bond acceptors (Lipinski definition) is 5. The van der Waals surface area contributed by atoms with Gasteiger partial charge in [0, 0.05) is 30.9 Å². The van der Waals surface area contributed by atoms with Gasteiger partial charge in [0.1, 0.15) is 5.69 Å². The van der Waals surface area contributed by atoms with Gasteiger partial charge < -0.3 is 10.2 Å². The first-order valence-corrected chi connectivity index (χ1v) is 10.9. The number of rotatable bonds is 4. The van der Waals surface area contributed by atoms with E-state index in [1.807, 2.05) is 0 Å². The van der Waals surface area contributed by atoms with Crippen LogP contribution in [-0.2, 0) is 9.84 Å². The second kappa shape index (κ2) is 7.73. The maximum absolute atomic E-state index is 12.6. The van der Waals surface area contributed by atoms with Gasteiger partial charge in [-0.1, -0.05) is 19.3 Å². The SMILES string of the molecule is CN(C(=O)c1cc(C(=O)NC2CCCCC2)ccn1)C1CCS(=O)(=O)C1. The first kappa shape index (κ1) is 18.8. The Kier molecular flexibility index (Phi) is 5.60. The molecule has 1 aromatic heterocycles. The summed E-state index contributed by atoms with van der Waals surface area (Å²) >= 11 is 0. The van der Waals surface area contributed by atoms with Crippen molar-refractivity contribution in [1.29, 1.82) is 0 Å². The summed E-state index contributed by atoms with van der Waals surface area (Å²) in [7, 11) is -1.49. The molecule has 2 amide bonds. The van der Waals surface area contributed by atoms with Gasteiger partial charge in [-0.3, -0.25) is 14.6 Å². The molecule has 1 aliphatic heterocycles. The van der Waals surface area contributed by atoms with Crippen molar-refractivity contribution >= 4 is 21.7 Å². The van der Waals surface area contributed by atoms with Crippen LogP contribution in [0.1, 0.15) is 59.4 Å². The Morgan fingerprint density at radius 2 is 1.92 bits per heavy atom. The molecule has 2 fully saturated rings. The molecular formula is C18H25N3O4S. The second-order valence-corrected chi connectivity index (χ2v) is 9.44. The molecular weight excluding hydrogens is 354 g/mol. The van der Waals surface area contributed by atoms with Crippen molar-refractivity contribution in [3.63, 3.8) is 0 Å². The minimum absolute atomic E-state index is 0.0168. The summed E-state index contributed by atoms with van der Waals surface area (Å²) in [6, 6.07) is 2.93. The maximum Gasteiger partial charge on any atom is 0.272 e. The van der Waals surface area contributed by atoms with E-state index in [9.17, 15) is 18.0 Å². The van der Waals surface area contributed by atoms with Crippen LogP contribution in [0.4, 0.5) is 0 Å². The van der Waals surface area contributed by atoms with Crippen molar-refractivity contribution in [1.82, 2.24) is 15.2 Å². The van der Waals surface area contributed by atoms with Crippen molar-refractivity contribution in [2.75, 3.05) is 18.6 Å². The predicted octanol–water partition coefficient (Wildman–Crippen LogP) is 1.40. The van der Waals surface area contributed by atoms with E-state index in [1.54, 1.807) is 13.1 Å². The van der Waals surface area contributed by atoms with Crippen LogP contribution < -0.4 is 5.32 Å². The summed E-state index contributed by atoms with van der Waals surface area (Å²) in [6.45, 7) is 0. The summed E-state index contributed by atoms with van der Waals surface area (Å²) in [6.07, 6.45) is 7.32. The topological polar surface area (TPSA) is 96.4 Å². The monoisotopic (exact) mass is 379 g/mol. The lowest BCUT2D eigenvalue weighted by molar-refractivity contribution is 0.0742. The number of amides is 2. The summed E-state index contributed by atoms with van der Waals surface area (Å²) in [5.41, 5.74) is 0.564. The molecule has 0 bridgehead atoms. The third-order valence-corrected chi connectivity index (χ3v) is 7.01. The van der Waals surface area contributed by atoms with Gasteiger partial charge in [0.15, 0.2) is 9.84 Å². The van der Waals surface area contributed by atoms with E-state index < -0.39 is 9.84 Å². The van der Waals surface area contributed by atoms with Gasteiger partial charge >= 0.3 is 0 Å². The van der Waals surface area contributed by atoms with Crippen LogP contribution in [0.2, 0.25) is 0 Å². The molecule has 1 saturated heterocycles. The Labute approximate surface area is 154 Å². The fourth-order valence-corrected chi connectivity index (χ4v) is 5.41. The number of carbonyl (C=O) groups is 2. The zero-order valence-corrected chi connectivity index (χ0v) is 15.8. The van der Waals surface area contributed by atoms with E-state index in [1.165, 1.54) is 23.6 Å². The van der Waals surface area contributed by atoms with Crippen molar-refractivity contribution in [2.24, 2.45) is 0 Å². The van der Waals surface area contributed by atoms with Crippen molar-refractivity contribution in [3.05, 3.63) is 29.6 Å². The highest BCUT2D eigenvalue weighted by Crippen LogP contribution is 2.19. The molecule has 1 atom stereocenters. The van der Waals surface area contributed by atoms with Gasteiger partial charge in [-0.15, -0.1) is 0 Å². The Morgan fingerprint density at radius 1 is 1.19 bits per heavy atom. The third-order valence-electron chi connectivity index (χ3n) is 5.26. The number of carbonyl (C=O) groups excluding carboxylic acids is 2. The number of sulfone groups is 1. The molecule has 7 nitrogen and oxygen atoms in total. The highest BCUT2D eigenvalue weighted by molar-refractivity contribution is 7.91. The normalized spacial score (nSPS) is 22.7. The van der Waals surface area contributed by atoms with E-state index in [2.05, 4.69) is 10.3 Å². The van der Waals surface area contributed by atoms with Gasteiger partial charge in [-0.25, -0.2) is 8.42 Å². The van der Waals surface area contributed by atoms with E-state index in [-0.39, 0.29) is 41.1 Å². The van der Waals surface area contributed by atoms with E-state index in [0.29, 0.717) is 12.0 Å². The molecule has 2 heterocycles. The van der Waals surface area contributed by atoms with E-state index >= 15 is 0 Å². The summed E-state index contributed by atoms with van der Waals surface area (Å²) in [4.78, 5) is 30.6. The first-order valence-electron chi connectivity index (χ1n) is 9.10. The second-order valence-electron chi connectivity index (χ2n) is 7.21. The van der Waals surface area contributed by atoms with Crippen LogP contribution >= 0.6 is 0 Å². The molecule has 1 N–H and O–H groups in total. The standard InChI is InChI=1S/C18H25N3O4S/c1-21(15-8-10-26(24,25)12-15)18(23)16-11-13(7-9-19-16)17(22)20-14-5-3-2-4-6-14/h7,9,11,14-15H,2-6,8,10,12H2,1H3,(H,20,22). The fraction of sp³-hybridized carbons (Fsp3) is 0.611. The third kappa shape index (κ3) is 4.41. The van der Waals surface area contributed by atoms with Gasteiger partial charge in [0.2, 0.25) is 0 Å². The van der Waals surface area contributed by atoms with Crippen molar-refractivity contribution in [3.8, 4) is 0 Å². The zero-order chi connectivity index (χ0) is 18.7. The minimum Gasteiger partial charge on any atom is -0.349 e. The zero-order valence-electron chi connectivity index (χ0n) is 15.0. The Morgan fingerprint density at radius 3 is 2.58 bits per heavy atom. The van der Waals surface area contributed by atoms with Crippen LogP contribution in [0.25, 0.3) is 0 Å². The summed E-state index contributed by atoms with van der Waals surface area (Å²) in [5.74, 6) is -0.470.